The highest BCUT2D eigenvalue weighted by Crippen LogP contribution is 2.24. The molecule has 4 nitrogen and oxygen atoms in total. The molecule has 2 unspecified atom stereocenters. The third-order valence-electron chi connectivity index (χ3n) is 3.54. The summed E-state index contributed by atoms with van der Waals surface area (Å²) in [5.74, 6) is 0.594. The van der Waals surface area contributed by atoms with E-state index in [1.165, 1.54) is 19.1 Å². The van der Waals surface area contributed by atoms with Gasteiger partial charge in [-0.2, -0.15) is 0 Å². The van der Waals surface area contributed by atoms with E-state index < -0.39 is 5.97 Å². The predicted molar refractivity (Wildman–Crippen MR) is 63.9 cm³/mol. The highest BCUT2D eigenvalue weighted by molar-refractivity contribution is 5.87. The summed E-state index contributed by atoms with van der Waals surface area (Å²) in [7, 11) is 0. The average molecular weight is 237 g/mol. The van der Waals surface area contributed by atoms with E-state index in [9.17, 15) is 4.79 Å². The van der Waals surface area contributed by atoms with Crippen LogP contribution in [0.25, 0.3) is 0 Å². The molecule has 0 spiro atoms. The zero-order valence-corrected chi connectivity index (χ0v) is 10.3. The van der Waals surface area contributed by atoms with E-state index in [4.69, 9.17) is 9.52 Å². The van der Waals surface area contributed by atoms with Crippen molar-refractivity contribution < 1.29 is 14.3 Å². The number of hydrogen-bond donors (Lipinski definition) is 1. The largest absolute Gasteiger partial charge is 0.478 e. The fraction of sp³-hybridized carbons (Fsp3) is 0.615. The van der Waals surface area contributed by atoms with Gasteiger partial charge < -0.3 is 9.52 Å². The summed E-state index contributed by atoms with van der Waals surface area (Å²) >= 11 is 0. The van der Waals surface area contributed by atoms with E-state index in [0.29, 0.717) is 12.6 Å². The molecular formula is C13H19NO3. The first-order valence-electron chi connectivity index (χ1n) is 6.11. The number of nitrogens with zero attached hydrogens (tertiary/aromatic N) is 1. The lowest BCUT2D eigenvalue weighted by Crippen LogP contribution is -2.39. The Morgan fingerprint density at radius 3 is 2.94 bits per heavy atom. The highest BCUT2D eigenvalue weighted by Gasteiger charge is 2.23. The predicted octanol–water partition coefficient (Wildman–Crippen LogP) is 2.60. The number of likely N-dealkylation sites (tertiary alicyclic amines) is 1. The lowest BCUT2D eigenvalue weighted by molar-refractivity contribution is 0.0696. The maximum atomic E-state index is 10.7. The quantitative estimate of drug-likeness (QED) is 0.878. The first-order valence-corrected chi connectivity index (χ1v) is 6.11. The normalized spacial score (nSPS) is 26.0. The topological polar surface area (TPSA) is 53.7 Å². The van der Waals surface area contributed by atoms with Gasteiger partial charge in [-0.1, -0.05) is 6.92 Å². The lowest BCUT2D eigenvalue weighted by Gasteiger charge is -2.35. The van der Waals surface area contributed by atoms with E-state index in [1.807, 2.05) is 0 Å². The number of carboxylic acids is 1. The van der Waals surface area contributed by atoms with Crippen molar-refractivity contribution >= 4 is 5.97 Å². The maximum Gasteiger partial charge on any atom is 0.338 e. The SMILES string of the molecule is CC1CCN(Cc2cc(C(=O)O)co2)C(C)C1. The van der Waals surface area contributed by atoms with Crippen LogP contribution in [0.3, 0.4) is 0 Å². The van der Waals surface area contributed by atoms with Crippen LogP contribution in [0, 0.1) is 5.92 Å². The van der Waals surface area contributed by atoms with Gasteiger partial charge in [-0.25, -0.2) is 4.79 Å². The molecule has 0 radical (unpaired) electrons. The van der Waals surface area contributed by atoms with Crippen LogP contribution in [0.4, 0.5) is 0 Å². The van der Waals surface area contributed by atoms with Crippen molar-refractivity contribution in [3.8, 4) is 0 Å². The molecule has 1 aromatic rings. The van der Waals surface area contributed by atoms with Crippen molar-refractivity contribution in [2.75, 3.05) is 6.54 Å². The van der Waals surface area contributed by atoms with Crippen LogP contribution in [-0.2, 0) is 6.54 Å². The Morgan fingerprint density at radius 2 is 2.35 bits per heavy atom. The molecule has 0 bridgehead atoms. The van der Waals surface area contributed by atoms with Crippen molar-refractivity contribution in [3.63, 3.8) is 0 Å². The number of hydrogen-bond acceptors (Lipinski definition) is 3. The molecule has 0 saturated carbocycles. The molecule has 0 amide bonds. The van der Waals surface area contributed by atoms with Gasteiger partial charge in [-0.05, 0) is 38.3 Å². The fourth-order valence-corrected chi connectivity index (χ4v) is 2.47. The Labute approximate surface area is 101 Å². The van der Waals surface area contributed by atoms with Gasteiger partial charge in [-0.3, -0.25) is 4.90 Å². The minimum absolute atomic E-state index is 0.234. The monoisotopic (exact) mass is 237 g/mol. The summed E-state index contributed by atoms with van der Waals surface area (Å²) in [5.41, 5.74) is 0.234. The summed E-state index contributed by atoms with van der Waals surface area (Å²) in [6.07, 6.45) is 3.72. The zero-order chi connectivity index (χ0) is 12.4. The molecule has 94 valence electrons. The van der Waals surface area contributed by atoms with Crippen LogP contribution in [0.2, 0.25) is 0 Å². The van der Waals surface area contributed by atoms with E-state index >= 15 is 0 Å². The molecule has 17 heavy (non-hydrogen) atoms. The zero-order valence-electron chi connectivity index (χ0n) is 10.3. The van der Waals surface area contributed by atoms with Gasteiger partial charge in [0.05, 0.1) is 12.1 Å². The molecule has 2 heterocycles. The van der Waals surface area contributed by atoms with Crippen molar-refractivity contribution in [2.24, 2.45) is 5.92 Å². The molecule has 1 saturated heterocycles. The van der Waals surface area contributed by atoms with Gasteiger partial charge in [0.25, 0.3) is 0 Å². The second kappa shape index (κ2) is 4.92. The molecule has 2 atom stereocenters. The smallest absolute Gasteiger partial charge is 0.338 e. The molecule has 0 aromatic carbocycles. The molecular weight excluding hydrogens is 218 g/mol. The van der Waals surface area contributed by atoms with E-state index in [1.54, 1.807) is 6.07 Å². The minimum atomic E-state index is -0.930. The Kier molecular flexibility index (Phi) is 3.52. The van der Waals surface area contributed by atoms with Gasteiger partial charge >= 0.3 is 5.97 Å². The first-order chi connectivity index (χ1) is 8.06. The average Bonchev–Trinajstić information content (AvgIpc) is 2.71. The van der Waals surface area contributed by atoms with Crippen molar-refractivity contribution in [1.29, 1.82) is 0 Å². The number of carbonyl (C=O) groups is 1. The van der Waals surface area contributed by atoms with Gasteiger partial charge in [0.15, 0.2) is 0 Å². The number of aromatic carboxylic acids is 1. The Hall–Kier alpha value is -1.29. The van der Waals surface area contributed by atoms with Crippen LogP contribution in [0.1, 0.15) is 42.8 Å². The summed E-state index contributed by atoms with van der Waals surface area (Å²) < 4.78 is 5.28. The molecule has 1 N–H and O–H groups in total. The maximum absolute atomic E-state index is 10.7. The van der Waals surface area contributed by atoms with E-state index in [2.05, 4.69) is 18.7 Å². The van der Waals surface area contributed by atoms with Gasteiger partial charge in [0, 0.05) is 6.04 Å². The molecule has 1 fully saturated rings. The summed E-state index contributed by atoms with van der Waals surface area (Å²) in [5, 5.41) is 8.82. The number of piperidine rings is 1. The third-order valence-corrected chi connectivity index (χ3v) is 3.54. The third kappa shape index (κ3) is 2.88. The van der Waals surface area contributed by atoms with Gasteiger partial charge in [0.2, 0.25) is 0 Å². The van der Waals surface area contributed by atoms with Gasteiger partial charge in [0.1, 0.15) is 12.0 Å². The molecule has 1 aliphatic heterocycles. The summed E-state index contributed by atoms with van der Waals surface area (Å²) in [6.45, 7) is 6.27. The number of carboxylic acid groups (broad SMARTS) is 1. The number of furan rings is 1. The first kappa shape index (κ1) is 12.2. The lowest BCUT2D eigenvalue weighted by atomic mass is 9.93. The van der Waals surface area contributed by atoms with E-state index in [-0.39, 0.29) is 5.56 Å². The minimum Gasteiger partial charge on any atom is -0.478 e. The van der Waals surface area contributed by atoms with Crippen molar-refractivity contribution in [3.05, 3.63) is 23.7 Å². The Morgan fingerprint density at radius 1 is 1.59 bits per heavy atom. The van der Waals surface area contributed by atoms with Crippen molar-refractivity contribution in [1.82, 2.24) is 4.90 Å². The van der Waals surface area contributed by atoms with Gasteiger partial charge in [-0.15, -0.1) is 0 Å². The van der Waals surface area contributed by atoms with Crippen LogP contribution < -0.4 is 0 Å². The van der Waals surface area contributed by atoms with E-state index in [0.717, 1.165) is 18.2 Å². The Balaban J connectivity index is 1.98. The standard InChI is InChI=1S/C13H19NO3/c1-9-3-4-14(10(2)5-9)7-12-6-11(8-17-12)13(15)16/h6,8-10H,3-5,7H2,1-2H3,(H,15,16). The van der Waals surface area contributed by atoms with Crippen LogP contribution in [0.5, 0.6) is 0 Å². The highest BCUT2D eigenvalue weighted by atomic mass is 16.4. The summed E-state index contributed by atoms with van der Waals surface area (Å²) in [4.78, 5) is 13.1. The molecule has 0 aliphatic carbocycles. The molecule has 1 aromatic heterocycles. The second-order valence-corrected chi connectivity index (χ2v) is 5.06. The van der Waals surface area contributed by atoms with Crippen LogP contribution in [-0.4, -0.2) is 28.6 Å². The van der Waals surface area contributed by atoms with Crippen molar-refractivity contribution in [2.45, 2.75) is 39.3 Å². The fourth-order valence-electron chi connectivity index (χ4n) is 2.47. The van der Waals surface area contributed by atoms with Crippen LogP contribution >= 0.6 is 0 Å². The summed E-state index contributed by atoms with van der Waals surface area (Å²) in [6, 6.07) is 2.16. The second-order valence-electron chi connectivity index (χ2n) is 5.06. The Bertz CT molecular complexity index is 399. The number of rotatable bonds is 3. The molecule has 2 rings (SSSR count). The molecule has 1 aliphatic rings. The molecule has 4 heteroatoms. The van der Waals surface area contributed by atoms with Crippen LogP contribution in [0.15, 0.2) is 16.7 Å².